The molecule has 3 heterocycles. The molecule has 0 aliphatic carbocycles. The lowest BCUT2D eigenvalue weighted by Gasteiger charge is -2.29. The predicted molar refractivity (Wildman–Crippen MR) is 99.8 cm³/mol. The molecule has 3 amide bonds. The van der Waals surface area contributed by atoms with Crippen molar-refractivity contribution >= 4 is 17.7 Å². The average molecular weight is 370 g/mol. The van der Waals surface area contributed by atoms with Crippen molar-refractivity contribution in [2.45, 2.75) is 44.8 Å². The van der Waals surface area contributed by atoms with Crippen LogP contribution in [0.15, 0.2) is 18.2 Å². The zero-order valence-corrected chi connectivity index (χ0v) is 15.4. The largest absolute Gasteiger partial charge is 0.322 e. The maximum atomic E-state index is 12.7. The molecule has 1 aromatic carbocycles. The molecule has 0 saturated carbocycles. The van der Waals surface area contributed by atoms with Gasteiger partial charge in [-0.1, -0.05) is 12.1 Å². The van der Waals surface area contributed by atoms with E-state index >= 15 is 0 Å². The van der Waals surface area contributed by atoms with E-state index in [0.29, 0.717) is 24.4 Å². The van der Waals surface area contributed by atoms with Gasteiger partial charge in [0.1, 0.15) is 6.04 Å². The molecular weight excluding hydrogens is 344 g/mol. The van der Waals surface area contributed by atoms with Gasteiger partial charge in [0, 0.05) is 25.1 Å². The molecule has 7 heteroatoms. The fourth-order valence-corrected chi connectivity index (χ4v) is 4.26. The van der Waals surface area contributed by atoms with Gasteiger partial charge in [0.2, 0.25) is 11.8 Å². The number of carbonyl (C=O) groups excluding carboxylic acids is 3. The number of nitrogens with zero attached hydrogens (tertiary/aromatic N) is 1. The molecule has 7 nitrogen and oxygen atoms in total. The van der Waals surface area contributed by atoms with Gasteiger partial charge in [0.25, 0.3) is 5.91 Å². The molecule has 0 bridgehead atoms. The first-order valence-electron chi connectivity index (χ1n) is 9.79. The molecule has 4 rings (SSSR count). The van der Waals surface area contributed by atoms with Crippen molar-refractivity contribution in [2.24, 2.45) is 5.92 Å². The lowest BCUT2D eigenvalue weighted by atomic mass is 9.99. The maximum Gasteiger partial charge on any atom is 0.255 e. The highest BCUT2D eigenvalue weighted by atomic mass is 16.2. The Hall–Kier alpha value is -2.25. The van der Waals surface area contributed by atoms with Gasteiger partial charge in [-0.3, -0.25) is 19.7 Å². The second-order valence-corrected chi connectivity index (χ2v) is 7.73. The highest BCUT2D eigenvalue weighted by molar-refractivity contribution is 6.05. The Balaban J connectivity index is 1.37. The molecule has 144 valence electrons. The Bertz CT molecular complexity index is 758. The van der Waals surface area contributed by atoms with E-state index in [1.807, 2.05) is 12.1 Å². The number of nitrogens with one attached hydrogen (secondary N) is 3. The van der Waals surface area contributed by atoms with Crippen LogP contribution in [-0.4, -0.2) is 48.3 Å². The van der Waals surface area contributed by atoms with E-state index in [0.717, 1.165) is 37.3 Å². The smallest absolute Gasteiger partial charge is 0.255 e. The zero-order chi connectivity index (χ0) is 18.8. The summed E-state index contributed by atoms with van der Waals surface area (Å²) in [6, 6.07) is 5.35. The Morgan fingerprint density at radius 2 is 2.07 bits per heavy atom. The number of hydrogen-bond acceptors (Lipinski definition) is 5. The molecule has 27 heavy (non-hydrogen) atoms. The molecule has 3 aliphatic rings. The normalized spacial score (nSPS) is 25.5. The number of amides is 3. The van der Waals surface area contributed by atoms with Gasteiger partial charge in [-0.05, 0) is 62.0 Å². The van der Waals surface area contributed by atoms with Crippen molar-refractivity contribution < 1.29 is 14.4 Å². The van der Waals surface area contributed by atoms with E-state index in [9.17, 15) is 14.4 Å². The lowest BCUT2D eigenvalue weighted by Crippen LogP contribution is -2.52. The molecule has 0 radical (unpaired) electrons. The zero-order valence-electron chi connectivity index (χ0n) is 15.4. The fraction of sp³-hybridized carbons (Fsp3) is 0.550. The monoisotopic (exact) mass is 370 g/mol. The van der Waals surface area contributed by atoms with Crippen LogP contribution in [0.1, 0.15) is 47.2 Å². The number of rotatable bonds is 5. The summed E-state index contributed by atoms with van der Waals surface area (Å²) < 4.78 is 0. The quantitative estimate of drug-likeness (QED) is 0.658. The molecule has 2 atom stereocenters. The summed E-state index contributed by atoms with van der Waals surface area (Å²) in [7, 11) is 0. The van der Waals surface area contributed by atoms with Crippen LogP contribution in [0.3, 0.4) is 0 Å². The van der Waals surface area contributed by atoms with Crippen LogP contribution in [0, 0.1) is 5.92 Å². The summed E-state index contributed by atoms with van der Waals surface area (Å²) in [5.41, 5.74) is 2.78. The van der Waals surface area contributed by atoms with Crippen molar-refractivity contribution in [3.05, 3.63) is 34.9 Å². The van der Waals surface area contributed by atoms with Crippen molar-refractivity contribution in [1.82, 2.24) is 20.9 Å². The molecule has 1 unspecified atom stereocenters. The van der Waals surface area contributed by atoms with Crippen LogP contribution in [0.5, 0.6) is 0 Å². The molecule has 3 N–H and O–H groups in total. The molecule has 1 aromatic rings. The first kappa shape index (κ1) is 18.1. The van der Waals surface area contributed by atoms with Crippen molar-refractivity contribution in [2.75, 3.05) is 19.6 Å². The highest BCUT2D eigenvalue weighted by Gasteiger charge is 2.38. The summed E-state index contributed by atoms with van der Waals surface area (Å²) in [6.07, 6.45) is 3.18. The third-order valence-electron chi connectivity index (χ3n) is 5.75. The minimum Gasteiger partial charge on any atom is -0.322 e. The van der Waals surface area contributed by atoms with Gasteiger partial charge in [-0.25, -0.2) is 0 Å². The van der Waals surface area contributed by atoms with Crippen LogP contribution < -0.4 is 16.0 Å². The molecule has 0 spiro atoms. The molecular formula is C20H26N4O3. The Labute approximate surface area is 158 Å². The van der Waals surface area contributed by atoms with Crippen LogP contribution in [0.2, 0.25) is 0 Å². The summed E-state index contributed by atoms with van der Waals surface area (Å²) in [5.74, 6) is -0.0672. The minimum atomic E-state index is -0.553. The topological polar surface area (TPSA) is 90.5 Å². The minimum absolute atomic E-state index is 0.118. The van der Waals surface area contributed by atoms with Crippen LogP contribution in [0.4, 0.5) is 0 Å². The van der Waals surface area contributed by atoms with Crippen molar-refractivity contribution in [3.63, 3.8) is 0 Å². The van der Waals surface area contributed by atoms with Gasteiger partial charge >= 0.3 is 0 Å². The number of hydrogen-bond donors (Lipinski definition) is 3. The van der Waals surface area contributed by atoms with Crippen LogP contribution >= 0.6 is 0 Å². The van der Waals surface area contributed by atoms with E-state index in [1.165, 1.54) is 12.8 Å². The SMILES string of the molecule is O=C1CCC(N2Cc3cc(CNC[C@@H]4CCCNC4)ccc3C2=O)C(=O)N1. The van der Waals surface area contributed by atoms with Gasteiger partial charge in [-0.15, -0.1) is 0 Å². The second kappa shape index (κ2) is 7.78. The van der Waals surface area contributed by atoms with Gasteiger partial charge < -0.3 is 15.5 Å². The first-order valence-corrected chi connectivity index (χ1v) is 9.79. The van der Waals surface area contributed by atoms with Crippen LogP contribution in [-0.2, 0) is 22.7 Å². The summed E-state index contributed by atoms with van der Waals surface area (Å²) >= 11 is 0. The van der Waals surface area contributed by atoms with Crippen LogP contribution in [0.25, 0.3) is 0 Å². The number of fused-ring (bicyclic) bond motifs is 1. The maximum absolute atomic E-state index is 12.7. The van der Waals surface area contributed by atoms with Crippen molar-refractivity contribution in [1.29, 1.82) is 0 Å². The second-order valence-electron chi connectivity index (χ2n) is 7.73. The van der Waals surface area contributed by atoms with Crippen molar-refractivity contribution in [3.8, 4) is 0 Å². The number of imide groups is 1. The lowest BCUT2D eigenvalue weighted by molar-refractivity contribution is -0.136. The number of carbonyl (C=O) groups is 3. The third-order valence-corrected chi connectivity index (χ3v) is 5.75. The highest BCUT2D eigenvalue weighted by Crippen LogP contribution is 2.28. The molecule has 0 aromatic heterocycles. The van der Waals surface area contributed by atoms with Gasteiger partial charge in [-0.2, -0.15) is 0 Å². The van der Waals surface area contributed by atoms with Gasteiger partial charge in [0.05, 0.1) is 0 Å². The molecule has 2 fully saturated rings. The number of benzene rings is 1. The summed E-state index contributed by atoms with van der Waals surface area (Å²) in [4.78, 5) is 37.7. The predicted octanol–water partition coefficient (Wildman–Crippen LogP) is 0.537. The standard InChI is InChI=1S/C20H26N4O3/c25-18-6-5-17(19(26)23-18)24-12-15-8-13(3-4-16(15)20(24)27)9-22-11-14-2-1-7-21-10-14/h3-4,8,14,17,21-22H,1-2,5-7,9-12H2,(H,23,25,26)/t14-,17?/m1/s1. The van der Waals surface area contributed by atoms with E-state index in [-0.39, 0.29) is 24.1 Å². The molecule has 3 aliphatic heterocycles. The Morgan fingerprint density at radius 1 is 1.19 bits per heavy atom. The summed E-state index contributed by atoms with van der Waals surface area (Å²) in [5, 5.41) is 9.29. The van der Waals surface area contributed by atoms with E-state index < -0.39 is 6.04 Å². The van der Waals surface area contributed by atoms with E-state index in [4.69, 9.17) is 0 Å². The average Bonchev–Trinajstić information content (AvgIpc) is 2.99. The van der Waals surface area contributed by atoms with E-state index in [1.54, 1.807) is 4.90 Å². The van der Waals surface area contributed by atoms with Gasteiger partial charge in [0.15, 0.2) is 0 Å². The third kappa shape index (κ3) is 3.89. The Morgan fingerprint density at radius 3 is 2.85 bits per heavy atom. The first-order chi connectivity index (χ1) is 13.1. The Kier molecular flexibility index (Phi) is 5.22. The molecule has 2 saturated heterocycles. The number of piperidine rings is 2. The van der Waals surface area contributed by atoms with E-state index in [2.05, 4.69) is 22.0 Å². The fourth-order valence-electron chi connectivity index (χ4n) is 4.26. The summed E-state index contributed by atoms with van der Waals surface area (Å²) in [6.45, 7) is 4.40.